The summed E-state index contributed by atoms with van der Waals surface area (Å²) in [6.45, 7) is 8.02. The van der Waals surface area contributed by atoms with Gasteiger partial charge in [-0.3, -0.25) is 0 Å². The lowest BCUT2D eigenvalue weighted by atomic mass is 10.0. The molecular weight excluding hydrogens is 224 g/mol. The van der Waals surface area contributed by atoms with Crippen molar-refractivity contribution in [2.45, 2.75) is 58.4 Å². The van der Waals surface area contributed by atoms with Gasteiger partial charge in [0.1, 0.15) is 5.82 Å². The molecule has 98 valence electrons. The van der Waals surface area contributed by atoms with Crippen molar-refractivity contribution in [2.75, 3.05) is 0 Å². The average molecular weight is 245 g/mol. The van der Waals surface area contributed by atoms with Crippen molar-refractivity contribution in [3.63, 3.8) is 0 Å². The third-order valence-corrected chi connectivity index (χ3v) is 2.69. The van der Waals surface area contributed by atoms with Gasteiger partial charge in [-0.2, -0.15) is 0 Å². The van der Waals surface area contributed by atoms with E-state index in [1.807, 2.05) is 27.7 Å². The molecule has 0 fully saturated rings. The van der Waals surface area contributed by atoms with Gasteiger partial charge in [0.25, 0.3) is 6.43 Å². The molecule has 1 unspecified atom stereocenters. The minimum Gasteiger partial charge on any atom is -0.345 e. The number of hydrogen-bond acceptors (Lipinski definition) is 2. The highest BCUT2D eigenvalue weighted by atomic mass is 19.3. The number of aromatic amines is 1. The van der Waals surface area contributed by atoms with Crippen molar-refractivity contribution in [1.29, 1.82) is 0 Å². The molecule has 0 bridgehead atoms. The molecule has 1 atom stereocenters. The number of rotatable bonds is 5. The van der Waals surface area contributed by atoms with E-state index in [9.17, 15) is 8.78 Å². The van der Waals surface area contributed by atoms with Crippen molar-refractivity contribution < 1.29 is 8.78 Å². The summed E-state index contributed by atoms with van der Waals surface area (Å²) in [6, 6.07) is -1.13. The number of imidazole rings is 1. The summed E-state index contributed by atoms with van der Waals surface area (Å²) >= 11 is 0. The monoisotopic (exact) mass is 245 g/mol. The van der Waals surface area contributed by atoms with Crippen LogP contribution in [0.25, 0.3) is 0 Å². The minimum absolute atomic E-state index is 0.144. The first-order chi connectivity index (χ1) is 7.82. The van der Waals surface area contributed by atoms with Gasteiger partial charge >= 0.3 is 0 Å². The molecule has 0 saturated carbocycles. The fourth-order valence-electron chi connectivity index (χ4n) is 1.68. The SMILES string of the molecule is CC(C)c1nc(C(C)C)c(CC(N)C(F)F)[nH]1. The number of alkyl halides is 2. The summed E-state index contributed by atoms with van der Waals surface area (Å²) in [5.74, 6) is 1.30. The molecule has 0 aromatic carbocycles. The van der Waals surface area contributed by atoms with E-state index < -0.39 is 12.5 Å². The minimum atomic E-state index is -2.50. The van der Waals surface area contributed by atoms with Crippen molar-refractivity contribution >= 4 is 0 Å². The van der Waals surface area contributed by atoms with Gasteiger partial charge in [0, 0.05) is 18.0 Å². The molecule has 17 heavy (non-hydrogen) atoms. The first-order valence-corrected chi connectivity index (χ1v) is 5.95. The zero-order chi connectivity index (χ0) is 13.2. The van der Waals surface area contributed by atoms with Gasteiger partial charge < -0.3 is 10.7 Å². The van der Waals surface area contributed by atoms with Crippen LogP contribution in [0.2, 0.25) is 0 Å². The van der Waals surface area contributed by atoms with Gasteiger partial charge in [-0.05, 0) is 5.92 Å². The Morgan fingerprint density at radius 3 is 2.18 bits per heavy atom. The molecule has 3 nitrogen and oxygen atoms in total. The molecule has 1 rings (SSSR count). The van der Waals surface area contributed by atoms with Crippen LogP contribution in [0.4, 0.5) is 8.78 Å². The summed E-state index contributed by atoms with van der Waals surface area (Å²) in [5, 5.41) is 0. The number of nitrogens with one attached hydrogen (secondary N) is 1. The Bertz CT molecular complexity index is 359. The van der Waals surface area contributed by atoms with Crippen molar-refractivity contribution in [3.8, 4) is 0 Å². The molecule has 1 aromatic rings. The number of hydrogen-bond donors (Lipinski definition) is 2. The standard InChI is InChI=1S/C12H21F2N3/c1-6(2)10-9(5-8(15)11(13)14)16-12(17-10)7(3)4/h6-8,11H,5,15H2,1-4H3,(H,16,17). The van der Waals surface area contributed by atoms with E-state index in [0.717, 1.165) is 17.2 Å². The van der Waals surface area contributed by atoms with Gasteiger partial charge in [-0.15, -0.1) is 0 Å². The maximum absolute atomic E-state index is 12.5. The molecule has 0 aliphatic rings. The molecule has 5 heteroatoms. The molecule has 1 heterocycles. The van der Waals surface area contributed by atoms with E-state index in [1.54, 1.807) is 0 Å². The Morgan fingerprint density at radius 2 is 1.76 bits per heavy atom. The van der Waals surface area contributed by atoms with E-state index in [-0.39, 0.29) is 18.3 Å². The van der Waals surface area contributed by atoms with Crippen LogP contribution >= 0.6 is 0 Å². The molecule has 3 N–H and O–H groups in total. The predicted octanol–water partition coefficient (Wildman–Crippen LogP) is 2.79. The lowest BCUT2D eigenvalue weighted by Gasteiger charge is -2.11. The molecule has 0 saturated heterocycles. The number of halogens is 2. The summed E-state index contributed by atoms with van der Waals surface area (Å²) in [4.78, 5) is 7.59. The van der Waals surface area contributed by atoms with E-state index >= 15 is 0 Å². The Balaban J connectivity index is 2.96. The summed E-state index contributed by atoms with van der Waals surface area (Å²) < 4.78 is 24.9. The largest absolute Gasteiger partial charge is 0.345 e. The lowest BCUT2D eigenvalue weighted by Crippen LogP contribution is -2.31. The maximum Gasteiger partial charge on any atom is 0.253 e. The molecule has 0 aliphatic carbocycles. The smallest absolute Gasteiger partial charge is 0.253 e. The molecule has 0 aliphatic heterocycles. The Kier molecular flexibility index (Phi) is 4.62. The highest BCUT2D eigenvalue weighted by molar-refractivity contribution is 5.20. The molecule has 0 radical (unpaired) electrons. The third-order valence-electron chi connectivity index (χ3n) is 2.69. The highest BCUT2D eigenvalue weighted by Crippen LogP contribution is 2.22. The molecule has 0 amide bonds. The predicted molar refractivity (Wildman–Crippen MR) is 64.4 cm³/mol. The van der Waals surface area contributed by atoms with E-state index in [2.05, 4.69) is 9.97 Å². The highest BCUT2D eigenvalue weighted by Gasteiger charge is 2.21. The fourth-order valence-corrected chi connectivity index (χ4v) is 1.68. The number of aromatic nitrogens is 2. The van der Waals surface area contributed by atoms with Gasteiger partial charge in [-0.25, -0.2) is 13.8 Å². The Hall–Kier alpha value is -0.970. The third kappa shape index (κ3) is 3.49. The van der Waals surface area contributed by atoms with Gasteiger partial charge in [0.05, 0.1) is 11.7 Å². The second-order valence-corrected chi connectivity index (χ2v) is 5.00. The number of H-pyrrole nitrogens is 1. The molecule has 1 aromatic heterocycles. The van der Waals surface area contributed by atoms with Crippen LogP contribution in [0.1, 0.15) is 56.7 Å². The maximum atomic E-state index is 12.5. The second-order valence-electron chi connectivity index (χ2n) is 5.00. The van der Waals surface area contributed by atoms with Crippen molar-refractivity contribution in [1.82, 2.24) is 9.97 Å². The van der Waals surface area contributed by atoms with Crippen LogP contribution in [-0.2, 0) is 6.42 Å². The lowest BCUT2D eigenvalue weighted by molar-refractivity contribution is 0.115. The quantitative estimate of drug-likeness (QED) is 0.838. The van der Waals surface area contributed by atoms with Gasteiger partial charge in [-0.1, -0.05) is 27.7 Å². The topological polar surface area (TPSA) is 54.7 Å². The zero-order valence-corrected chi connectivity index (χ0v) is 10.8. The number of nitrogens with zero attached hydrogens (tertiary/aromatic N) is 1. The summed E-state index contributed by atoms with van der Waals surface area (Å²) in [5.41, 5.74) is 7.00. The van der Waals surface area contributed by atoms with Crippen LogP contribution in [0.15, 0.2) is 0 Å². The van der Waals surface area contributed by atoms with Crippen molar-refractivity contribution in [3.05, 3.63) is 17.2 Å². The van der Waals surface area contributed by atoms with Crippen LogP contribution in [0.3, 0.4) is 0 Å². The summed E-state index contributed by atoms with van der Waals surface area (Å²) in [7, 11) is 0. The average Bonchev–Trinajstić information content (AvgIpc) is 2.61. The molecule has 0 spiro atoms. The first-order valence-electron chi connectivity index (χ1n) is 5.95. The van der Waals surface area contributed by atoms with Gasteiger partial charge in [0.2, 0.25) is 0 Å². The van der Waals surface area contributed by atoms with Crippen LogP contribution in [-0.4, -0.2) is 22.4 Å². The van der Waals surface area contributed by atoms with Gasteiger partial charge in [0.15, 0.2) is 0 Å². The summed E-state index contributed by atoms with van der Waals surface area (Å²) in [6.07, 6.45) is -2.36. The van der Waals surface area contributed by atoms with E-state index in [0.29, 0.717) is 0 Å². The second kappa shape index (κ2) is 5.58. The van der Waals surface area contributed by atoms with Crippen LogP contribution < -0.4 is 5.73 Å². The van der Waals surface area contributed by atoms with Crippen LogP contribution in [0.5, 0.6) is 0 Å². The Labute approximate surface area is 101 Å². The Morgan fingerprint density at radius 1 is 1.18 bits per heavy atom. The van der Waals surface area contributed by atoms with E-state index in [4.69, 9.17) is 5.73 Å². The van der Waals surface area contributed by atoms with E-state index in [1.165, 1.54) is 0 Å². The first kappa shape index (κ1) is 14.1. The number of nitrogens with two attached hydrogens (primary N) is 1. The normalized spacial score (nSPS) is 14.0. The zero-order valence-electron chi connectivity index (χ0n) is 10.8. The molecular formula is C12H21F2N3. The fraction of sp³-hybridized carbons (Fsp3) is 0.750. The van der Waals surface area contributed by atoms with Crippen molar-refractivity contribution in [2.24, 2.45) is 5.73 Å². The van der Waals surface area contributed by atoms with Crippen LogP contribution in [0, 0.1) is 0 Å².